The van der Waals surface area contributed by atoms with E-state index < -0.39 is 11.7 Å². The summed E-state index contributed by atoms with van der Waals surface area (Å²) in [6.45, 7) is 3.57. The number of benzene rings is 1. The van der Waals surface area contributed by atoms with Crippen LogP contribution in [0, 0.1) is 6.92 Å². The molecule has 1 aromatic carbocycles. The maximum atomic E-state index is 12.0. The zero-order valence-corrected chi connectivity index (χ0v) is 10.4. The van der Waals surface area contributed by atoms with E-state index in [1.807, 2.05) is 0 Å². The normalized spacial score (nSPS) is 10.0. The molecule has 0 spiro atoms. The molecule has 0 heterocycles. The minimum absolute atomic E-state index is 0. The SMILES string of the molecule is [Br-].[CH2-]Cc1ccc(C(F)(F)F)cc1.[Mg+2]. The Hall–Kier alpha value is 0.256. The van der Waals surface area contributed by atoms with E-state index in [-0.39, 0.29) is 40.0 Å². The van der Waals surface area contributed by atoms with E-state index in [9.17, 15) is 13.2 Å². The molecular weight excluding hydrogens is 269 g/mol. The molecule has 0 atom stereocenters. The van der Waals surface area contributed by atoms with Gasteiger partial charge in [0.2, 0.25) is 0 Å². The van der Waals surface area contributed by atoms with E-state index in [1.54, 1.807) is 0 Å². The second-order valence-corrected chi connectivity index (χ2v) is 2.44. The third kappa shape index (κ3) is 4.66. The number of alkyl halides is 3. The summed E-state index contributed by atoms with van der Waals surface area (Å²) in [5.74, 6) is 0. The summed E-state index contributed by atoms with van der Waals surface area (Å²) < 4.78 is 36.0. The predicted molar refractivity (Wildman–Crippen MR) is 46.3 cm³/mol. The Bertz CT molecular complexity index is 256. The van der Waals surface area contributed by atoms with Crippen molar-refractivity contribution in [3.8, 4) is 0 Å². The van der Waals surface area contributed by atoms with Crippen LogP contribution in [0.3, 0.4) is 0 Å². The van der Waals surface area contributed by atoms with Crippen molar-refractivity contribution in [2.75, 3.05) is 0 Å². The first-order chi connectivity index (χ1) is 5.54. The van der Waals surface area contributed by atoms with Crippen LogP contribution in [0.2, 0.25) is 0 Å². The Morgan fingerprint density at radius 3 is 1.79 bits per heavy atom. The molecular formula is C9H8BrF3Mg. The van der Waals surface area contributed by atoms with Crippen LogP contribution in [-0.2, 0) is 12.6 Å². The van der Waals surface area contributed by atoms with E-state index in [0.29, 0.717) is 6.42 Å². The van der Waals surface area contributed by atoms with Crippen LogP contribution in [-0.4, -0.2) is 23.1 Å². The standard InChI is InChI=1S/C9H8F3.BrH.Mg/c1-2-7-3-5-8(6-4-7)9(10,11)12;;/h3-6H,1-2H2;1H;/q-1;;+2/p-1. The van der Waals surface area contributed by atoms with Crippen LogP contribution in [0.1, 0.15) is 11.1 Å². The molecule has 0 aromatic heterocycles. The molecule has 0 radical (unpaired) electrons. The zero-order chi connectivity index (χ0) is 9.19. The molecule has 1 aromatic rings. The third-order valence-electron chi connectivity index (χ3n) is 1.57. The third-order valence-corrected chi connectivity index (χ3v) is 1.57. The van der Waals surface area contributed by atoms with Crippen molar-refractivity contribution in [2.45, 2.75) is 12.6 Å². The molecule has 1 rings (SSSR count). The summed E-state index contributed by atoms with van der Waals surface area (Å²) in [7, 11) is 0. The second kappa shape index (κ2) is 6.69. The molecule has 5 heteroatoms. The van der Waals surface area contributed by atoms with Crippen LogP contribution in [0.25, 0.3) is 0 Å². The predicted octanol–water partition coefficient (Wildman–Crippen LogP) is -0.295. The first-order valence-corrected chi connectivity index (χ1v) is 3.49. The molecule has 0 aliphatic heterocycles. The fraction of sp³-hybridized carbons (Fsp3) is 0.222. The summed E-state index contributed by atoms with van der Waals surface area (Å²) in [5.41, 5.74) is 0.197. The minimum Gasteiger partial charge on any atom is -1.00 e. The van der Waals surface area contributed by atoms with Gasteiger partial charge in [0.15, 0.2) is 0 Å². The summed E-state index contributed by atoms with van der Waals surface area (Å²) in [6.07, 6.45) is -3.72. The van der Waals surface area contributed by atoms with Crippen molar-refractivity contribution >= 4 is 23.1 Å². The number of hydrogen-bond donors (Lipinski definition) is 0. The average molecular weight is 277 g/mol. The van der Waals surface area contributed by atoms with E-state index in [0.717, 1.165) is 17.7 Å². The van der Waals surface area contributed by atoms with Crippen LogP contribution in [0.4, 0.5) is 13.2 Å². The van der Waals surface area contributed by atoms with Crippen molar-refractivity contribution in [2.24, 2.45) is 0 Å². The molecule has 0 saturated carbocycles. The smallest absolute Gasteiger partial charge is 1.00 e. The largest absolute Gasteiger partial charge is 2.00 e. The summed E-state index contributed by atoms with van der Waals surface area (Å²) >= 11 is 0. The molecule has 0 bridgehead atoms. The summed E-state index contributed by atoms with van der Waals surface area (Å²) in [4.78, 5) is 0. The number of rotatable bonds is 1. The van der Waals surface area contributed by atoms with Crippen molar-refractivity contribution in [3.63, 3.8) is 0 Å². The Labute approximate surface area is 108 Å². The second-order valence-electron chi connectivity index (χ2n) is 2.44. The van der Waals surface area contributed by atoms with Gasteiger partial charge in [-0.1, -0.05) is 17.7 Å². The van der Waals surface area contributed by atoms with E-state index in [2.05, 4.69) is 6.92 Å². The van der Waals surface area contributed by atoms with Crippen molar-refractivity contribution in [1.29, 1.82) is 0 Å². The molecule has 0 amide bonds. The molecule has 0 aliphatic rings. The minimum atomic E-state index is -4.24. The maximum absolute atomic E-state index is 12.0. The molecule has 0 fully saturated rings. The van der Waals surface area contributed by atoms with Crippen molar-refractivity contribution < 1.29 is 30.2 Å². The van der Waals surface area contributed by atoms with E-state index in [1.165, 1.54) is 12.1 Å². The van der Waals surface area contributed by atoms with Gasteiger partial charge in [-0.3, -0.25) is 0 Å². The topological polar surface area (TPSA) is 0 Å². The van der Waals surface area contributed by atoms with Gasteiger partial charge in [-0.05, 0) is 12.1 Å². The quantitative estimate of drug-likeness (QED) is 0.489. The number of hydrogen-bond acceptors (Lipinski definition) is 0. The first kappa shape index (κ1) is 16.7. The zero-order valence-electron chi connectivity index (χ0n) is 7.44. The van der Waals surface area contributed by atoms with Crippen LogP contribution in [0.15, 0.2) is 24.3 Å². The first-order valence-electron chi connectivity index (χ1n) is 3.49. The van der Waals surface area contributed by atoms with Gasteiger partial charge in [-0.15, -0.1) is 0 Å². The Kier molecular flexibility index (Phi) is 7.97. The van der Waals surface area contributed by atoms with Gasteiger partial charge in [0.1, 0.15) is 0 Å². The van der Waals surface area contributed by atoms with Gasteiger partial charge in [-0.2, -0.15) is 19.6 Å². The summed E-state index contributed by atoms with van der Waals surface area (Å²) in [5, 5.41) is 0. The van der Waals surface area contributed by atoms with Crippen molar-refractivity contribution in [1.82, 2.24) is 0 Å². The average Bonchev–Trinajstić information content (AvgIpc) is 2.03. The molecule has 0 unspecified atom stereocenters. The fourth-order valence-corrected chi connectivity index (χ4v) is 0.860. The Morgan fingerprint density at radius 1 is 1.07 bits per heavy atom. The van der Waals surface area contributed by atoms with Gasteiger partial charge in [-0.25, -0.2) is 0 Å². The molecule has 14 heavy (non-hydrogen) atoms. The van der Waals surface area contributed by atoms with Gasteiger partial charge in [0.25, 0.3) is 0 Å². The van der Waals surface area contributed by atoms with Crippen LogP contribution >= 0.6 is 0 Å². The van der Waals surface area contributed by atoms with E-state index >= 15 is 0 Å². The van der Waals surface area contributed by atoms with Crippen molar-refractivity contribution in [3.05, 3.63) is 42.3 Å². The monoisotopic (exact) mass is 276 g/mol. The molecule has 0 nitrogen and oxygen atoms in total. The summed E-state index contributed by atoms with van der Waals surface area (Å²) in [6, 6.07) is 5.02. The molecule has 0 saturated heterocycles. The number of halogens is 4. The van der Waals surface area contributed by atoms with Gasteiger partial charge < -0.3 is 23.9 Å². The van der Waals surface area contributed by atoms with Crippen LogP contribution in [0.5, 0.6) is 0 Å². The van der Waals surface area contributed by atoms with Crippen LogP contribution < -0.4 is 17.0 Å². The Morgan fingerprint density at radius 2 is 1.50 bits per heavy atom. The Balaban J connectivity index is 0. The maximum Gasteiger partial charge on any atom is 2.00 e. The van der Waals surface area contributed by atoms with Gasteiger partial charge >= 0.3 is 29.2 Å². The molecule has 0 N–H and O–H groups in total. The van der Waals surface area contributed by atoms with E-state index in [4.69, 9.17) is 0 Å². The van der Waals surface area contributed by atoms with Gasteiger partial charge in [0.05, 0.1) is 5.56 Å². The molecule has 74 valence electrons. The molecule has 0 aliphatic carbocycles. The van der Waals surface area contributed by atoms with Gasteiger partial charge in [0, 0.05) is 0 Å². The fourth-order valence-electron chi connectivity index (χ4n) is 0.860.